The van der Waals surface area contributed by atoms with Crippen molar-refractivity contribution in [2.45, 2.75) is 25.2 Å². The van der Waals surface area contributed by atoms with Crippen molar-refractivity contribution in [1.29, 1.82) is 0 Å². The van der Waals surface area contributed by atoms with Crippen LogP contribution in [0.15, 0.2) is 24.3 Å². The molecular weight excluding hydrogens is 250 g/mol. The number of alkyl halides is 2. The van der Waals surface area contributed by atoms with Crippen LogP contribution in [0.25, 0.3) is 0 Å². The molecule has 3 heteroatoms. The van der Waals surface area contributed by atoms with Crippen LogP contribution in [0.1, 0.15) is 25.3 Å². The third-order valence-electron chi connectivity index (χ3n) is 2.68. The van der Waals surface area contributed by atoms with Crippen LogP contribution in [0, 0.1) is 0 Å². The smallest absolute Gasteiger partial charge is 0.0408 e. The molecule has 0 aliphatic heterocycles. The normalized spacial score (nSPS) is 11.7. The van der Waals surface area contributed by atoms with Crippen LogP contribution in [0.3, 0.4) is 0 Å². The molecule has 0 unspecified atom stereocenters. The molecule has 0 aliphatic carbocycles. The van der Waals surface area contributed by atoms with Gasteiger partial charge >= 0.3 is 0 Å². The fourth-order valence-electron chi connectivity index (χ4n) is 1.76. The molecule has 0 aromatic heterocycles. The predicted octanol–water partition coefficient (Wildman–Crippen LogP) is 4.86. The fourth-order valence-corrected chi connectivity index (χ4v) is 2.82. The number of hydrogen-bond acceptors (Lipinski definition) is 0. The summed E-state index contributed by atoms with van der Waals surface area (Å²) in [5.41, 5.74) is 1.00. The highest BCUT2D eigenvalue weighted by Gasteiger charge is 2.29. The van der Waals surface area contributed by atoms with Crippen molar-refractivity contribution in [3.05, 3.63) is 34.9 Å². The highest BCUT2D eigenvalue weighted by Crippen LogP contribution is 2.33. The van der Waals surface area contributed by atoms with Crippen LogP contribution in [-0.2, 0) is 5.41 Å². The summed E-state index contributed by atoms with van der Waals surface area (Å²) in [5, 5.41) is 0.739. The monoisotopic (exact) mass is 264 g/mol. The largest absolute Gasteiger partial charge is 0.126 e. The van der Waals surface area contributed by atoms with Gasteiger partial charge in [0, 0.05) is 22.2 Å². The summed E-state index contributed by atoms with van der Waals surface area (Å²) in [6.07, 6.45) is 2.05. The van der Waals surface area contributed by atoms with Gasteiger partial charge in [-0.05, 0) is 24.1 Å². The molecule has 84 valence electrons. The van der Waals surface area contributed by atoms with Crippen molar-refractivity contribution < 1.29 is 0 Å². The highest BCUT2D eigenvalue weighted by molar-refractivity contribution is 6.30. The molecule has 0 radical (unpaired) electrons. The van der Waals surface area contributed by atoms with E-state index >= 15 is 0 Å². The van der Waals surface area contributed by atoms with E-state index in [4.69, 9.17) is 34.8 Å². The van der Waals surface area contributed by atoms with Crippen LogP contribution in [-0.4, -0.2) is 11.8 Å². The Morgan fingerprint density at radius 3 is 2.33 bits per heavy atom. The van der Waals surface area contributed by atoms with Crippen LogP contribution in [0.2, 0.25) is 5.02 Å². The average molecular weight is 266 g/mol. The number of halogens is 3. The standard InChI is InChI=1S/C12H15Cl3/c1-2-6-12(8-13,9-14)10-4-3-5-11(15)7-10/h3-5,7H,2,6,8-9H2,1H3. The Bertz CT molecular complexity index is 305. The van der Waals surface area contributed by atoms with E-state index in [0.29, 0.717) is 11.8 Å². The van der Waals surface area contributed by atoms with Gasteiger partial charge in [-0.2, -0.15) is 0 Å². The molecule has 0 N–H and O–H groups in total. The van der Waals surface area contributed by atoms with Crippen molar-refractivity contribution in [1.82, 2.24) is 0 Å². The first kappa shape index (κ1) is 13.2. The van der Waals surface area contributed by atoms with Crippen LogP contribution >= 0.6 is 34.8 Å². The lowest BCUT2D eigenvalue weighted by Crippen LogP contribution is -2.30. The Hall–Kier alpha value is 0.0900. The maximum Gasteiger partial charge on any atom is 0.0408 e. The maximum atomic E-state index is 6.06. The van der Waals surface area contributed by atoms with E-state index in [1.54, 1.807) is 0 Å². The Kier molecular flexibility index (Phi) is 5.25. The summed E-state index contributed by atoms with van der Waals surface area (Å²) in [7, 11) is 0. The first-order valence-corrected chi connectivity index (χ1v) is 6.51. The van der Waals surface area contributed by atoms with Crippen LogP contribution in [0.5, 0.6) is 0 Å². The first-order valence-electron chi connectivity index (χ1n) is 5.06. The molecule has 1 aromatic carbocycles. The Morgan fingerprint density at radius 1 is 1.20 bits per heavy atom. The van der Waals surface area contributed by atoms with Crippen molar-refractivity contribution in [2.75, 3.05) is 11.8 Å². The SMILES string of the molecule is CCCC(CCl)(CCl)c1cccc(Cl)c1. The van der Waals surface area contributed by atoms with E-state index < -0.39 is 0 Å². The second kappa shape index (κ2) is 5.98. The minimum atomic E-state index is -0.136. The van der Waals surface area contributed by atoms with E-state index in [-0.39, 0.29) is 5.41 Å². The van der Waals surface area contributed by atoms with Gasteiger partial charge in [0.1, 0.15) is 0 Å². The number of hydrogen-bond donors (Lipinski definition) is 0. The molecule has 0 saturated carbocycles. The molecule has 0 fully saturated rings. The first-order chi connectivity index (χ1) is 7.18. The van der Waals surface area contributed by atoms with E-state index in [0.717, 1.165) is 23.4 Å². The Morgan fingerprint density at radius 2 is 1.87 bits per heavy atom. The van der Waals surface area contributed by atoms with Gasteiger partial charge in [0.2, 0.25) is 0 Å². The summed E-state index contributed by atoms with van der Waals surface area (Å²) < 4.78 is 0. The molecular formula is C12H15Cl3. The van der Waals surface area contributed by atoms with Gasteiger partial charge in [-0.1, -0.05) is 37.1 Å². The minimum absolute atomic E-state index is 0.136. The lowest BCUT2D eigenvalue weighted by Gasteiger charge is -2.30. The van der Waals surface area contributed by atoms with Crippen molar-refractivity contribution >= 4 is 34.8 Å². The molecule has 0 saturated heterocycles. The van der Waals surface area contributed by atoms with Gasteiger partial charge in [-0.15, -0.1) is 23.2 Å². The second-order valence-electron chi connectivity index (χ2n) is 3.81. The molecule has 0 bridgehead atoms. The third kappa shape index (κ3) is 3.03. The van der Waals surface area contributed by atoms with Gasteiger partial charge in [-0.25, -0.2) is 0 Å². The van der Waals surface area contributed by atoms with E-state index in [2.05, 4.69) is 6.92 Å². The fraction of sp³-hybridized carbons (Fsp3) is 0.500. The Balaban J connectivity index is 3.07. The zero-order chi connectivity index (χ0) is 11.3. The summed E-state index contributed by atoms with van der Waals surface area (Å²) >= 11 is 18.1. The molecule has 0 atom stereocenters. The summed E-state index contributed by atoms with van der Waals surface area (Å²) in [4.78, 5) is 0. The van der Waals surface area contributed by atoms with E-state index in [1.165, 1.54) is 0 Å². The van der Waals surface area contributed by atoms with Gasteiger partial charge in [0.05, 0.1) is 0 Å². The van der Waals surface area contributed by atoms with Crippen molar-refractivity contribution in [3.8, 4) is 0 Å². The zero-order valence-electron chi connectivity index (χ0n) is 8.77. The van der Waals surface area contributed by atoms with Crippen molar-refractivity contribution in [3.63, 3.8) is 0 Å². The molecule has 15 heavy (non-hydrogen) atoms. The lowest BCUT2D eigenvalue weighted by atomic mass is 9.80. The highest BCUT2D eigenvalue weighted by atomic mass is 35.5. The Labute approximate surface area is 107 Å². The zero-order valence-corrected chi connectivity index (χ0v) is 11.0. The van der Waals surface area contributed by atoms with E-state index in [1.807, 2.05) is 24.3 Å². The van der Waals surface area contributed by atoms with Gasteiger partial charge in [0.25, 0.3) is 0 Å². The van der Waals surface area contributed by atoms with Gasteiger partial charge in [0.15, 0.2) is 0 Å². The molecule has 0 nitrogen and oxygen atoms in total. The summed E-state index contributed by atoms with van der Waals surface area (Å²) in [6.45, 7) is 2.14. The summed E-state index contributed by atoms with van der Waals surface area (Å²) in [5.74, 6) is 1.06. The number of benzene rings is 1. The topological polar surface area (TPSA) is 0 Å². The van der Waals surface area contributed by atoms with Crippen molar-refractivity contribution in [2.24, 2.45) is 0 Å². The molecule has 0 heterocycles. The molecule has 1 rings (SSSR count). The third-order valence-corrected chi connectivity index (χ3v) is 3.94. The van der Waals surface area contributed by atoms with Gasteiger partial charge in [-0.3, -0.25) is 0 Å². The maximum absolute atomic E-state index is 6.06. The quantitative estimate of drug-likeness (QED) is 0.667. The average Bonchev–Trinajstić information content (AvgIpc) is 2.26. The van der Waals surface area contributed by atoms with Crippen LogP contribution in [0.4, 0.5) is 0 Å². The molecule has 0 amide bonds. The van der Waals surface area contributed by atoms with Gasteiger partial charge < -0.3 is 0 Å². The molecule has 0 aliphatic rings. The minimum Gasteiger partial charge on any atom is -0.126 e. The van der Waals surface area contributed by atoms with Crippen LogP contribution < -0.4 is 0 Å². The number of rotatable bonds is 5. The lowest BCUT2D eigenvalue weighted by molar-refractivity contribution is 0.485. The van der Waals surface area contributed by atoms with E-state index in [9.17, 15) is 0 Å². The molecule has 0 spiro atoms. The molecule has 1 aromatic rings. The predicted molar refractivity (Wildman–Crippen MR) is 69.5 cm³/mol. The summed E-state index contributed by atoms with van der Waals surface area (Å²) in [6, 6.07) is 7.82. The second-order valence-corrected chi connectivity index (χ2v) is 4.78.